The molecular weight excluding hydrogens is 190 g/mol. The molecule has 1 aliphatic rings. The lowest BCUT2D eigenvalue weighted by atomic mass is 10.3. The first-order chi connectivity index (χ1) is 6.33. The number of halogens is 1. The number of unbranched alkanes of at least 4 members (excludes halogenated alkanes) is 2. The maximum absolute atomic E-state index is 5.55. The van der Waals surface area contributed by atoms with E-state index in [1.807, 2.05) is 0 Å². The predicted octanol–water partition coefficient (Wildman–Crippen LogP) is 1.58. The van der Waals surface area contributed by atoms with Gasteiger partial charge in [0.25, 0.3) is 0 Å². The molecule has 1 N–H and O–H groups in total. The van der Waals surface area contributed by atoms with Gasteiger partial charge in [0.1, 0.15) is 0 Å². The van der Waals surface area contributed by atoms with Gasteiger partial charge < -0.3 is 10.1 Å². The zero-order valence-electron chi connectivity index (χ0n) is 7.59. The van der Waals surface area contributed by atoms with Crippen LogP contribution in [0.3, 0.4) is 0 Å². The third kappa shape index (κ3) is 4.24. The SMILES string of the molecule is CCCCCO[C@@H]1N=C(Cl)N=[C]N1. The molecule has 0 aromatic carbocycles. The first-order valence-electron chi connectivity index (χ1n) is 4.39. The summed E-state index contributed by atoms with van der Waals surface area (Å²) in [4.78, 5) is 7.50. The van der Waals surface area contributed by atoms with Crippen molar-refractivity contribution in [3.63, 3.8) is 0 Å². The Kier molecular flexibility index (Phi) is 4.78. The Morgan fingerprint density at radius 1 is 1.62 bits per heavy atom. The molecular formula is C8H13ClN3O. The standard InChI is InChI=1S/C8H13ClN3O/c1-2-3-4-5-13-8-11-6-10-7(9)12-8/h8H,2-5H2,1H3,(H,10,11,12)/t8-/m0/s1. The largest absolute Gasteiger partial charge is 0.339 e. The third-order valence-corrected chi connectivity index (χ3v) is 1.77. The van der Waals surface area contributed by atoms with E-state index in [9.17, 15) is 0 Å². The van der Waals surface area contributed by atoms with Crippen molar-refractivity contribution in [1.82, 2.24) is 5.32 Å². The highest BCUT2D eigenvalue weighted by atomic mass is 35.5. The maximum Gasteiger partial charge on any atom is 0.229 e. The molecule has 0 aromatic rings. The summed E-state index contributed by atoms with van der Waals surface area (Å²) in [6.45, 7) is 2.83. The van der Waals surface area contributed by atoms with Gasteiger partial charge in [-0.15, -0.1) is 0 Å². The second-order valence-corrected chi connectivity index (χ2v) is 3.03. The van der Waals surface area contributed by atoms with Crippen LogP contribution in [-0.4, -0.2) is 24.6 Å². The van der Waals surface area contributed by atoms with Gasteiger partial charge >= 0.3 is 0 Å². The fourth-order valence-corrected chi connectivity index (χ4v) is 1.05. The molecule has 0 aromatic heterocycles. The maximum atomic E-state index is 5.55. The number of hydrogen-bond acceptors (Lipinski definition) is 4. The van der Waals surface area contributed by atoms with E-state index < -0.39 is 6.35 Å². The molecule has 13 heavy (non-hydrogen) atoms. The fourth-order valence-electron chi connectivity index (χ4n) is 0.917. The van der Waals surface area contributed by atoms with E-state index in [-0.39, 0.29) is 5.29 Å². The summed E-state index contributed by atoms with van der Waals surface area (Å²) in [6.07, 6.45) is 5.49. The van der Waals surface area contributed by atoms with E-state index in [0.717, 1.165) is 6.42 Å². The van der Waals surface area contributed by atoms with Crippen LogP contribution >= 0.6 is 11.6 Å². The first-order valence-corrected chi connectivity index (χ1v) is 4.77. The van der Waals surface area contributed by atoms with Crippen molar-refractivity contribution in [2.24, 2.45) is 9.98 Å². The van der Waals surface area contributed by atoms with E-state index in [0.29, 0.717) is 6.61 Å². The predicted molar refractivity (Wildman–Crippen MR) is 53.1 cm³/mol. The quantitative estimate of drug-likeness (QED) is 0.544. The molecule has 1 radical (unpaired) electrons. The van der Waals surface area contributed by atoms with E-state index in [2.05, 4.69) is 28.6 Å². The molecule has 1 heterocycles. The van der Waals surface area contributed by atoms with Crippen molar-refractivity contribution in [3.05, 3.63) is 0 Å². The Bertz CT molecular complexity index is 206. The molecule has 1 aliphatic heterocycles. The van der Waals surface area contributed by atoms with Crippen LogP contribution < -0.4 is 5.32 Å². The van der Waals surface area contributed by atoms with E-state index in [4.69, 9.17) is 16.3 Å². The zero-order chi connectivity index (χ0) is 9.52. The van der Waals surface area contributed by atoms with E-state index in [1.54, 1.807) is 0 Å². The van der Waals surface area contributed by atoms with Crippen molar-refractivity contribution in [3.8, 4) is 0 Å². The molecule has 0 fully saturated rings. The molecule has 0 aliphatic carbocycles. The molecule has 5 heteroatoms. The van der Waals surface area contributed by atoms with Crippen LogP contribution in [-0.2, 0) is 4.74 Å². The van der Waals surface area contributed by atoms with Gasteiger partial charge in [-0.2, -0.15) is 4.99 Å². The molecule has 0 bridgehead atoms. The number of nitrogens with one attached hydrogen (secondary N) is 1. The number of rotatable bonds is 5. The lowest BCUT2D eigenvalue weighted by Crippen LogP contribution is -2.32. The third-order valence-electron chi connectivity index (χ3n) is 1.58. The van der Waals surface area contributed by atoms with Crippen molar-refractivity contribution in [1.29, 1.82) is 0 Å². The van der Waals surface area contributed by atoms with Crippen LogP contribution in [0.25, 0.3) is 0 Å². The van der Waals surface area contributed by atoms with Gasteiger partial charge in [-0.3, -0.25) is 0 Å². The smallest absolute Gasteiger partial charge is 0.229 e. The van der Waals surface area contributed by atoms with Crippen LogP contribution in [0.5, 0.6) is 0 Å². The topological polar surface area (TPSA) is 46.0 Å². The van der Waals surface area contributed by atoms with Crippen molar-refractivity contribution < 1.29 is 4.74 Å². The van der Waals surface area contributed by atoms with Crippen LogP contribution in [0.15, 0.2) is 9.98 Å². The van der Waals surface area contributed by atoms with Gasteiger partial charge in [-0.05, 0) is 18.0 Å². The highest BCUT2D eigenvalue weighted by Crippen LogP contribution is 2.01. The van der Waals surface area contributed by atoms with E-state index >= 15 is 0 Å². The molecule has 0 unspecified atom stereocenters. The van der Waals surface area contributed by atoms with Gasteiger partial charge in [-0.25, -0.2) is 4.99 Å². The summed E-state index contributed by atoms with van der Waals surface area (Å²) in [5, 5.41) is 2.90. The Morgan fingerprint density at radius 3 is 3.15 bits per heavy atom. The highest BCUT2D eigenvalue weighted by Gasteiger charge is 2.09. The molecule has 1 rings (SSSR count). The summed E-state index contributed by atoms with van der Waals surface area (Å²) in [6, 6.07) is 0. The average Bonchev–Trinajstić information content (AvgIpc) is 2.13. The number of hydrogen-bond donors (Lipinski definition) is 1. The number of nitrogens with zero attached hydrogens (tertiary/aromatic N) is 2. The minimum Gasteiger partial charge on any atom is -0.339 e. The second-order valence-electron chi connectivity index (χ2n) is 2.70. The normalized spacial score (nSPS) is 21.1. The second kappa shape index (κ2) is 5.94. The molecule has 0 saturated carbocycles. The van der Waals surface area contributed by atoms with Crippen molar-refractivity contribution in [2.45, 2.75) is 32.5 Å². The molecule has 0 spiro atoms. The van der Waals surface area contributed by atoms with Crippen LogP contribution in [0.2, 0.25) is 0 Å². The summed E-state index contributed by atoms with van der Waals surface area (Å²) < 4.78 is 5.35. The minimum atomic E-state index is -0.415. The molecule has 0 saturated heterocycles. The minimum absolute atomic E-state index is 0.180. The summed E-state index contributed by atoms with van der Waals surface area (Å²) >= 11 is 5.55. The zero-order valence-corrected chi connectivity index (χ0v) is 8.34. The van der Waals surface area contributed by atoms with Gasteiger partial charge in [0.15, 0.2) is 6.34 Å². The monoisotopic (exact) mass is 202 g/mol. The Labute approximate surface area is 83.0 Å². The van der Waals surface area contributed by atoms with Gasteiger partial charge in [0, 0.05) is 0 Å². The van der Waals surface area contributed by atoms with Crippen molar-refractivity contribution in [2.75, 3.05) is 6.61 Å². The van der Waals surface area contributed by atoms with E-state index in [1.165, 1.54) is 12.8 Å². The lowest BCUT2D eigenvalue weighted by molar-refractivity contribution is 0.0474. The lowest BCUT2D eigenvalue weighted by Gasteiger charge is -2.14. The first kappa shape index (κ1) is 10.5. The Balaban J connectivity index is 2.12. The van der Waals surface area contributed by atoms with Gasteiger partial charge in [0.2, 0.25) is 11.6 Å². The summed E-state index contributed by atoms with van der Waals surface area (Å²) in [5.41, 5.74) is 0. The average molecular weight is 203 g/mol. The molecule has 4 nitrogen and oxygen atoms in total. The van der Waals surface area contributed by atoms with Crippen LogP contribution in [0.4, 0.5) is 0 Å². The Hall–Kier alpha value is -0.610. The number of amidine groups is 1. The molecule has 0 amide bonds. The van der Waals surface area contributed by atoms with Crippen LogP contribution in [0.1, 0.15) is 26.2 Å². The van der Waals surface area contributed by atoms with Gasteiger partial charge in [0.05, 0.1) is 6.61 Å². The fraction of sp³-hybridized carbons (Fsp3) is 0.750. The Morgan fingerprint density at radius 2 is 2.46 bits per heavy atom. The van der Waals surface area contributed by atoms with Crippen molar-refractivity contribution >= 4 is 23.2 Å². The highest BCUT2D eigenvalue weighted by molar-refractivity contribution is 6.65. The summed E-state index contributed by atoms with van der Waals surface area (Å²) in [5.74, 6) is 0. The number of aliphatic imine (C=N–C) groups is 2. The molecule has 1 atom stereocenters. The van der Waals surface area contributed by atoms with Gasteiger partial charge in [-0.1, -0.05) is 19.8 Å². The molecule has 73 valence electrons. The number of ether oxygens (including phenoxy) is 1. The van der Waals surface area contributed by atoms with Crippen LogP contribution in [0, 0.1) is 0 Å². The summed E-state index contributed by atoms with van der Waals surface area (Å²) in [7, 11) is 0.